The van der Waals surface area contributed by atoms with Gasteiger partial charge in [-0.2, -0.15) is 0 Å². The number of nitrogens with zero attached hydrogens (tertiary/aromatic N) is 4. The summed E-state index contributed by atoms with van der Waals surface area (Å²) >= 11 is 0. The number of unbranched alkanes of at least 4 members (excludes halogenated alkanes) is 2. The van der Waals surface area contributed by atoms with Gasteiger partial charge in [0.1, 0.15) is 5.69 Å². The average molecular weight is 537 g/mol. The van der Waals surface area contributed by atoms with Gasteiger partial charge in [-0.05, 0) is 45.3 Å². The fourth-order valence-electron chi connectivity index (χ4n) is 3.92. The number of aryl methyl sites for hydroxylation is 2. The second-order valence-electron chi connectivity index (χ2n) is 9.23. The Balaban J connectivity index is 0.000000331. The molecule has 1 aliphatic carbocycles. The van der Waals surface area contributed by atoms with Crippen LogP contribution in [0.3, 0.4) is 0 Å². The number of fused-ring (bicyclic) bond motifs is 1. The lowest BCUT2D eigenvalue weighted by atomic mass is 9.90. The van der Waals surface area contributed by atoms with E-state index in [1.54, 1.807) is 40.7 Å². The molecule has 0 unspecified atom stereocenters. The maximum absolute atomic E-state index is 13.3. The predicted molar refractivity (Wildman–Crippen MR) is 150 cm³/mol. The number of anilines is 1. The van der Waals surface area contributed by atoms with E-state index in [1.807, 2.05) is 38.1 Å². The van der Waals surface area contributed by atoms with Gasteiger partial charge in [-0.3, -0.25) is 0 Å². The van der Waals surface area contributed by atoms with Crippen molar-refractivity contribution in [3.05, 3.63) is 47.6 Å². The Hall–Kier alpha value is -2.65. The lowest BCUT2D eigenvalue weighted by molar-refractivity contribution is -0.0380. The van der Waals surface area contributed by atoms with Crippen LogP contribution in [0.5, 0.6) is 5.88 Å². The number of hydrogen-bond acceptors (Lipinski definition) is 7. The fraction of sp³-hybridized carbons (Fsp3) is 0.621. The molecule has 0 atom stereocenters. The first-order valence-corrected chi connectivity index (χ1v) is 13.2. The average Bonchev–Trinajstić information content (AvgIpc) is 2.91. The summed E-state index contributed by atoms with van der Waals surface area (Å²) in [5, 5.41) is 0. The number of halogens is 2. The normalized spacial score (nSPS) is 15.6. The molecule has 0 spiro atoms. The summed E-state index contributed by atoms with van der Waals surface area (Å²) in [4.78, 5) is 15.2. The lowest BCUT2D eigenvalue weighted by Gasteiger charge is -2.38. The minimum Gasteiger partial charge on any atom is -0.481 e. The summed E-state index contributed by atoms with van der Waals surface area (Å²) in [6, 6.07) is 5.68. The van der Waals surface area contributed by atoms with Crippen molar-refractivity contribution in [2.24, 2.45) is 0 Å². The van der Waals surface area contributed by atoms with E-state index >= 15 is 0 Å². The molecule has 214 valence electrons. The van der Waals surface area contributed by atoms with Crippen molar-refractivity contribution < 1.29 is 23.0 Å². The van der Waals surface area contributed by atoms with E-state index in [1.165, 1.54) is 19.3 Å². The van der Waals surface area contributed by atoms with Gasteiger partial charge in [0.2, 0.25) is 11.8 Å². The Kier molecular flexibility index (Phi) is 16.3. The summed E-state index contributed by atoms with van der Waals surface area (Å²) in [7, 11) is 6.60. The van der Waals surface area contributed by atoms with E-state index in [-0.39, 0.29) is 18.9 Å². The minimum absolute atomic E-state index is 0.0223. The number of pyridine rings is 1. The zero-order valence-electron chi connectivity index (χ0n) is 24.2. The summed E-state index contributed by atoms with van der Waals surface area (Å²) in [5.74, 6) is -0.974. The van der Waals surface area contributed by atoms with Crippen LogP contribution >= 0.6 is 0 Å². The first kappa shape index (κ1) is 33.4. The van der Waals surface area contributed by atoms with Gasteiger partial charge in [-0.25, -0.2) is 23.7 Å². The van der Waals surface area contributed by atoms with Crippen molar-refractivity contribution in [2.75, 3.05) is 46.5 Å². The standard InChI is InChI=1S/C15H19F2N3.C6H7NO.C6H14O.C2H6O/c1-10-11(2)19-14-13(18-10)4-3-9-20(14)12-5-7-15(16,17)8-6-12;1-8-6-4-2-3-5-7-6;1-3-4-5-6-7-2;1-3-2/h3-4,12H,5-9H2,1-2H3;2-5H,1H3;3-6H2,1-2H3;1-2H3. The second kappa shape index (κ2) is 18.6. The molecule has 4 rings (SSSR count). The summed E-state index contributed by atoms with van der Waals surface area (Å²) in [6.07, 6.45) is 10.5. The third-order valence-electron chi connectivity index (χ3n) is 6.09. The van der Waals surface area contributed by atoms with Crippen molar-refractivity contribution in [2.45, 2.75) is 77.7 Å². The number of ether oxygens (including phenoxy) is 3. The molecule has 0 saturated heterocycles. The van der Waals surface area contributed by atoms with Crippen LogP contribution in [0.2, 0.25) is 0 Å². The highest BCUT2D eigenvalue weighted by molar-refractivity contribution is 5.65. The van der Waals surface area contributed by atoms with Crippen LogP contribution < -0.4 is 9.64 Å². The van der Waals surface area contributed by atoms with Gasteiger partial charge in [-0.1, -0.05) is 31.9 Å². The van der Waals surface area contributed by atoms with Gasteiger partial charge in [-0.15, -0.1) is 0 Å². The van der Waals surface area contributed by atoms with Gasteiger partial charge < -0.3 is 19.1 Å². The molecule has 0 amide bonds. The van der Waals surface area contributed by atoms with Crippen LogP contribution in [-0.2, 0) is 9.47 Å². The van der Waals surface area contributed by atoms with Crippen LogP contribution in [0, 0.1) is 13.8 Å². The Morgan fingerprint density at radius 2 is 1.66 bits per heavy atom. The number of hydrogen-bond donors (Lipinski definition) is 0. The van der Waals surface area contributed by atoms with E-state index in [0.717, 1.165) is 36.1 Å². The van der Waals surface area contributed by atoms with Crippen molar-refractivity contribution in [3.8, 4) is 5.88 Å². The lowest BCUT2D eigenvalue weighted by Crippen LogP contribution is -2.42. The van der Waals surface area contributed by atoms with E-state index in [4.69, 9.17) is 9.47 Å². The molecular formula is C29H46F2N4O3. The van der Waals surface area contributed by atoms with Crippen LogP contribution in [0.25, 0.3) is 6.08 Å². The monoisotopic (exact) mass is 536 g/mol. The second-order valence-corrected chi connectivity index (χ2v) is 9.23. The number of alkyl halides is 2. The molecule has 9 heteroatoms. The van der Waals surface area contributed by atoms with Gasteiger partial charge in [0.25, 0.3) is 0 Å². The van der Waals surface area contributed by atoms with E-state index in [9.17, 15) is 8.78 Å². The Morgan fingerprint density at radius 1 is 1.00 bits per heavy atom. The molecule has 3 heterocycles. The van der Waals surface area contributed by atoms with Crippen LogP contribution in [0.15, 0.2) is 30.5 Å². The molecule has 7 nitrogen and oxygen atoms in total. The van der Waals surface area contributed by atoms with Gasteiger partial charge in [0.05, 0.1) is 18.5 Å². The third-order valence-corrected chi connectivity index (χ3v) is 6.09. The molecule has 1 aliphatic heterocycles. The zero-order chi connectivity index (χ0) is 28.4. The Morgan fingerprint density at radius 3 is 2.18 bits per heavy atom. The van der Waals surface area contributed by atoms with E-state index in [2.05, 4.69) is 31.5 Å². The van der Waals surface area contributed by atoms with Crippen molar-refractivity contribution in [1.82, 2.24) is 15.0 Å². The first-order valence-electron chi connectivity index (χ1n) is 13.2. The summed E-state index contributed by atoms with van der Waals surface area (Å²) in [6.45, 7) is 7.73. The summed E-state index contributed by atoms with van der Waals surface area (Å²) < 4.78 is 40.5. The van der Waals surface area contributed by atoms with Crippen LogP contribution in [0.1, 0.15) is 69.0 Å². The van der Waals surface area contributed by atoms with Crippen LogP contribution in [0.4, 0.5) is 14.6 Å². The smallest absolute Gasteiger partial charge is 0.248 e. The fourth-order valence-corrected chi connectivity index (χ4v) is 3.92. The minimum atomic E-state index is -2.49. The Bertz CT molecular complexity index is 916. The molecule has 1 fully saturated rings. The zero-order valence-corrected chi connectivity index (χ0v) is 24.2. The van der Waals surface area contributed by atoms with Crippen molar-refractivity contribution in [1.29, 1.82) is 0 Å². The molecular weight excluding hydrogens is 490 g/mol. The molecule has 1 saturated carbocycles. The molecule has 2 aromatic rings. The SMILES string of the molecule is CCCCCOC.COC.COc1ccccn1.Cc1nc2c(nc1C)N(C1CCC(F)(F)CC1)CC=C2. The molecule has 0 aromatic carbocycles. The van der Waals surface area contributed by atoms with Gasteiger partial charge >= 0.3 is 0 Å². The molecule has 2 aromatic heterocycles. The highest BCUT2D eigenvalue weighted by Crippen LogP contribution is 2.37. The molecule has 0 N–H and O–H groups in total. The van der Waals surface area contributed by atoms with E-state index in [0.29, 0.717) is 18.7 Å². The Labute approximate surface area is 227 Å². The summed E-state index contributed by atoms with van der Waals surface area (Å²) in [5.41, 5.74) is 2.69. The molecule has 0 radical (unpaired) electrons. The predicted octanol–water partition coefficient (Wildman–Crippen LogP) is 6.68. The molecule has 2 aliphatic rings. The van der Waals surface area contributed by atoms with Crippen molar-refractivity contribution in [3.63, 3.8) is 0 Å². The largest absolute Gasteiger partial charge is 0.481 e. The van der Waals surface area contributed by atoms with Gasteiger partial charge in [0, 0.05) is 65.6 Å². The molecule has 0 bridgehead atoms. The van der Waals surface area contributed by atoms with Crippen molar-refractivity contribution >= 4 is 11.9 Å². The number of rotatable bonds is 6. The topological polar surface area (TPSA) is 69.6 Å². The number of aromatic nitrogens is 3. The van der Waals surface area contributed by atoms with Crippen LogP contribution in [-0.4, -0.2) is 68.5 Å². The highest BCUT2D eigenvalue weighted by Gasteiger charge is 2.38. The number of methoxy groups -OCH3 is 3. The van der Waals surface area contributed by atoms with E-state index < -0.39 is 5.92 Å². The first-order chi connectivity index (χ1) is 18.2. The highest BCUT2D eigenvalue weighted by atomic mass is 19.3. The third kappa shape index (κ3) is 12.3. The molecule has 38 heavy (non-hydrogen) atoms. The quantitative estimate of drug-likeness (QED) is 0.381. The maximum Gasteiger partial charge on any atom is 0.248 e. The maximum atomic E-state index is 13.3. The van der Waals surface area contributed by atoms with Gasteiger partial charge in [0.15, 0.2) is 5.82 Å².